The van der Waals surface area contributed by atoms with Gasteiger partial charge in [0.05, 0.1) is 5.56 Å². The summed E-state index contributed by atoms with van der Waals surface area (Å²) in [4.78, 5) is 12.2. The number of rotatable bonds is 3. The van der Waals surface area contributed by atoms with E-state index >= 15 is 0 Å². The van der Waals surface area contributed by atoms with E-state index in [4.69, 9.17) is 16.7 Å². The summed E-state index contributed by atoms with van der Waals surface area (Å²) in [5, 5.41) is 12.2. The van der Waals surface area contributed by atoms with Crippen molar-refractivity contribution in [3.05, 3.63) is 70.2 Å². The number of nitrogens with one attached hydrogen (secondary N) is 1. The number of aliphatic hydroxyl groups excluding tert-OH is 1. The lowest BCUT2D eigenvalue weighted by molar-refractivity contribution is 0.0950. The Kier molecular flexibility index (Phi) is 5.39. The Bertz CT molecular complexity index is 701. The predicted octanol–water partition coefficient (Wildman–Crippen LogP) is 2.61. The smallest absolute Gasteiger partial charge is 0.252 e. The Morgan fingerprint density at radius 1 is 1.14 bits per heavy atom. The third kappa shape index (κ3) is 4.09. The zero-order valence-corrected chi connectivity index (χ0v) is 12.0. The van der Waals surface area contributed by atoms with Crippen molar-refractivity contribution in [2.24, 2.45) is 0 Å². The van der Waals surface area contributed by atoms with Crippen molar-refractivity contribution in [1.82, 2.24) is 5.32 Å². The Balaban J connectivity index is 2.12. The average Bonchev–Trinajstić information content (AvgIpc) is 2.52. The molecule has 0 aliphatic rings. The number of hydrogen-bond acceptors (Lipinski definition) is 2. The maximum Gasteiger partial charge on any atom is 0.252 e. The topological polar surface area (TPSA) is 49.3 Å². The van der Waals surface area contributed by atoms with Gasteiger partial charge in [0.15, 0.2) is 0 Å². The van der Waals surface area contributed by atoms with Gasteiger partial charge in [-0.05, 0) is 23.8 Å². The molecule has 0 heterocycles. The van der Waals surface area contributed by atoms with Crippen LogP contribution in [0.5, 0.6) is 0 Å². The van der Waals surface area contributed by atoms with Crippen molar-refractivity contribution in [2.75, 3.05) is 6.61 Å². The molecule has 0 spiro atoms. The van der Waals surface area contributed by atoms with E-state index in [2.05, 4.69) is 17.2 Å². The highest BCUT2D eigenvalue weighted by molar-refractivity contribution is 6.31. The lowest BCUT2D eigenvalue weighted by Crippen LogP contribution is -2.23. The summed E-state index contributed by atoms with van der Waals surface area (Å²) in [7, 11) is 0. The van der Waals surface area contributed by atoms with E-state index in [9.17, 15) is 4.79 Å². The molecule has 0 fully saturated rings. The minimum absolute atomic E-state index is 0.224. The predicted molar refractivity (Wildman–Crippen MR) is 83.0 cm³/mol. The zero-order chi connectivity index (χ0) is 15.1. The fraction of sp³-hybridized carbons (Fsp3) is 0.118. The fourth-order valence-electron chi connectivity index (χ4n) is 1.84. The second-order valence-corrected chi connectivity index (χ2v) is 4.69. The average molecular weight is 300 g/mol. The van der Waals surface area contributed by atoms with Crippen LogP contribution in [0, 0.1) is 11.8 Å². The molecule has 1 amide bonds. The van der Waals surface area contributed by atoms with Crippen LogP contribution in [0.1, 0.15) is 21.5 Å². The van der Waals surface area contributed by atoms with Gasteiger partial charge in [0.2, 0.25) is 0 Å². The Morgan fingerprint density at radius 3 is 2.62 bits per heavy atom. The Morgan fingerprint density at radius 2 is 1.86 bits per heavy atom. The Hall–Kier alpha value is -2.28. The van der Waals surface area contributed by atoms with Crippen LogP contribution in [0.15, 0.2) is 48.5 Å². The van der Waals surface area contributed by atoms with Gasteiger partial charge in [-0.15, -0.1) is 0 Å². The van der Waals surface area contributed by atoms with Crippen LogP contribution in [0.2, 0.25) is 5.02 Å². The maximum atomic E-state index is 12.2. The first-order valence-corrected chi connectivity index (χ1v) is 6.80. The lowest BCUT2D eigenvalue weighted by atomic mass is 10.1. The monoisotopic (exact) mass is 299 g/mol. The summed E-state index contributed by atoms with van der Waals surface area (Å²) in [5.41, 5.74) is 1.92. The van der Waals surface area contributed by atoms with E-state index in [1.807, 2.05) is 18.2 Å². The van der Waals surface area contributed by atoms with Crippen LogP contribution in [0.25, 0.3) is 0 Å². The van der Waals surface area contributed by atoms with Crippen LogP contribution in [0.3, 0.4) is 0 Å². The van der Waals surface area contributed by atoms with Crippen molar-refractivity contribution in [3.8, 4) is 11.8 Å². The molecule has 2 N–H and O–H groups in total. The van der Waals surface area contributed by atoms with Gasteiger partial charge in [-0.2, -0.15) is 0 Å². The number of amides is 1. The molecule has 0 saturated carbocycles. The zero-order valence-electron chi connectivity index (χ0n) is 11.3. The van der Waals surface area contributed by atoms with E-state index in [1.54, 1.807) is 30.3 Å². The third-order valence-electron chi connectivity index (χ3n) is 2.87. The first-order chi connectivity index (χ1) is 10.2. The van der Waals surface area contributed by atoms with Crippen molar-refractivity contribution in [1.29, 1.82) is 0 Å². The summed E-state index contributed by atoms with van der Waals surface area (Å²) in [5.74, 6) is 5.09. The second-order valence-electron chi connectivity index (χ2n) is 4.28. The van der Waals surface area contributed by atoms with Crippen LogP contribution >= 0.6 is 11.6 Å². The first kappa shape index (κ1) is 15.1. The quantitative estimate of drug-likeness (QED) is 0.856. The highest BCUT2D eigenvalue weighted by Gasteiger charge is 2.09. The number of aliphatic hydroxyl groups is 1. The molecule has 106 valence electrons. The summed E-state index contributed by atoms with van der Waals surface area (Å²) >= 11 is 6.05. The molecule has 3 nitrogen and oxygen atoms in total. The molecule has 0 unspecified atom stereocenters. The van der Waals surface area contributed by atoms with Crippen molar-refractivity contribution < 1.29 is 9.90 Å². The lowest BCUT2D eigenvalue weighted by Gasteiger charge is -2.08. The number of carbonyl (C=O) groups is 1. The van der Waals surface area contributed by atoms with E-state index in [0.29, 0.717) is 22.7 Å². The third-order valence-corrected chi connectivity index (χ3v) is 3.24. The van der Waals surface area contributed by atoms with Gasteiger partial charge in [-0.1, -0.05) is 53.8 Å². The maximum absolute atomic E-state index is 12.2. The molecule has 2 rings (SSSR count). The standard InChI is InChI=1S/C17H14ClNO2/c18-16-10-4-2-7-14(16)12-19-17(21)15-9-3-1-6-13(15)8-5-11-20/h1-4,6-7,9-10,20H,11-12H2,(H,19,21). The number of hydrogen-bond donors (Lipinski definition) is 2. The Labute approximate surface area is 128 Å². The fourth-order valence-corrected chi connectivity index (χ4v) is 2.04. The van der Waals surface area contributed by atoms with Crippen LogP contribution in [-0.2, 0) is 6.54 Å². The molecular formula is C17H14ClNO2. The number of carbonyl (C=O) groups excluding carboxylic acids is 1. The van der Waals surface area contributed by atoms with Gasteiger partial charge < -0.3 is 10.4 Å². The first-order valence-electron chi connectivity index (χ1n) is 6.42. The molecule has 0 bridgehead atoms. The van der Waals surface area contributed by atoms with Gasteiger partial charge in [-0.25, -0.2) is 0 Å². The molecule has 2 aromatic carbocycles. The molecule has 0 aromatic heterocycles. The van der Waals surface area contributed by atoms with Crippen molar-refractivity contribution >= 4 is 17.5 Å². The summed E-state index contributed by atoms with van der Waals surface area (Å²) in [6.45, 7) is 0.107. The summed E-state index contributed by atoms with van der Waals surface area (Å²) < 4.78 is 0. The van der Waals surface area contributed by atoms with Gasteiger partial charge in [0.25, 0.3) is 5.91 Å². The normalized spacial score (nSPS) is 9.62. The molecule has 4 heteroatoms. The molecular weight excluding hydrogens is 286 g/mol. The van der Waals surface area contributed by atoms with Crippen molar-refractivity contribution in [2.45, 2.75) is 6.54 Å². The summed E-state index contributed by atoms with van der Waals surface area (Å²) in [6.07, 6.45) is 0. The minimum Gasteiger partial charge on any atom is -0.384 e. The molecule has 0 aliphatic heterocycles. The number of benzene rings is 2. The largest absolute Gasteiger partial charge is 0.384 e. The van der Waals surface area contributed by atoms with Crippen LogP contribution in [-0.4, -0.2) is 17.6 Å². The molecule has 2 aromatic rings. The van der Waals surface area contributed by atoms with Crippen molar-refractivity contribution in [3.63, 3.8) is 0 Å². The SMILES string of the molecule is O=C(NCc1ccccc1Cl)c1ccccc1C#CCO. The highest BCUT2D eigenvalue weighted by Crippen LogP contribution is 2.15. The van der Waals surface area contributed by atoms with E-state index < -0.39 is 0 Å². The minimum atomic E-state index is -0.240. The molecule has 0 atom stereocenters. The number of halogens is 1. The van der Waals surface area contributed by atoms with E-state index in [1.165, 1.54) is 0 Å². The van der Waals surface area contributed by atoms with Gasteiger partial charge in [0, 0.05) is 17.1 Å². The molecule has 0 radical (unpaired) electrons. The second kappa shape index (κ2) is 7.49. The van der Waals surface area contributed by atoms with Crippen LogP contribution < -0.4 is 5.32 Å². The van der Waals surface area contributed by atoms with E-state index in [-0.39, 0.29) is 12.5 Å². The van der Waals surface area contributed by atoms with Gasteiger partial charge in [-0.3, -0.25) is 4.79 Å². The van der Waals surface area contributed by atoms with Gasteiger partial charge in [0.1, 0.15) is 6.61 Å². The molecule has 0 saturated heterocycles. The highest BCUT2D eigenvalue weighted by atomic mass is 35.5. The molecule has 0 aliphatic carbocycles. The van der Waals surface area contributed by atoms with E-state index in [0.717, 1.165) is 5.56 Å². The van der Waals surface area contributed by atoms with Crippen LogP contribution in [0.4, 0.5) is 0 Å². The molecule has 21 heavy (non-hydrogen) atoms. The van der Waals surface area contributed by atoms with Gasteiger partial charge >= 0.3 is 0 Å². The summed E-state index contributed by atoms with van der Waals surface area (Å²) in [6, 6.07) is 14.4.